The van der Waals surface area contributed by atoms with Gasteiger partial charge in [0.15, 0.2) is 0 Å². The molecule has 69 heavy (non-hydrogen) atoms. The molecular weight excluding hydrogens is 885 g/mol. The van der Waals surface area contributed by atoms with Crippen molar-refractivity contribution < 1.29 is 18.9 Å². The van der Waals surface area contributed by atoms with Crippen LogP contribution in [-0.2, 0) is 0 Å². The number of anilines is 6. The van der Waals surface area contributed by atoms with Crippen LogP contribution >= 0.6 is 22.7 Å². The molecule has 0 N–H and O–H groups in total. The number of benzene rings is 9. The van der Waals surface area contributed by atoms with Crippen LogP contribution in [0.2, 0.25) is 0 Å². The van der Waals surface area contributed by atoms with Gasteiger partial charge >= 0.3 is 0 Å². The molecular formula is C58H31B3N2O4S2. The fourth-order valence-corrected chi connectivity index (χ4v) is 14.8. The largest absolute Gasteiger partial charge is 0.458 e. The summed E-state index contributed by atoms with van der Waals surface area (Å²) >= 11 is 3.68. The minimum atomic E-state index is -0.189. The molecule has 0 saturated heterocycles. The molecule has 2 aromatic heterocycles. The average Bonchev–Trinajstić information content (AvgIpc) is 3.96. The van der Waals surface area contributed by atoms with E-state index < -0.39 is 0 Å². The van der Waals surface area contributed by atoms with Gasteiger partial charge in [0.1, 0.15) is 46.0 Å². The van der Waals surface area contributed by atoms with Crippen molar-refractivity contribution in [3.8, 4) is 46.0 Å². The van der Waals surface area contributed by atoms with Crippen LogP contribution in [0.5, 0.6) is 46.0 Å². The molecule has 0 unspecified atom stereocenters. The number of hydrogen-bond acceptors (Lipinski definition) is 8. The minimum Gasteiger partial charge on any atom is -0.458 e. The van der Waals surface area contributed by atoms with Gasteiger partial charge in [-0.3, -0.25) is 0 Å². The van der Waals surface area contributed by atoms with Gasteiger partial charge in [-0.2, -0.15) is 0 Å². The molecule has 0 aliphatic carbocycles. The summed E-state index contributed by atoms with van der Waals surface area (Å²) in [5.74, 6) is 7.00. The van der Waals surface area contributed by atoms with Crippen LogP contribution in [0.1, 0.15) is 0 Å². The Labute approximate surface area is 405 Å². The van der Waals surface area contributed by atoms with E-state index in [1.54, 1.807) is 0 Å². The van der Waals surface area contributed by atoms with E-state index in [-0.39, 0.29) is 20.1 Å². The van der Waals surface area contributed by atoms with Gasteiger partial charge in [-0.25, -0.2) is 0 Å². The standard InChI is InChI=1S/C58H31B3N2O4S2/c1-3-14-32(15-4-1)62-40-20-11-22-44-52(40)60(57-55(66-44)34-18-7-9-26-50(34)68-57)36-28-38-48(30-42(36)62)64-46-24-13-25-47-54(46)59(38)39-29-37-43(31-49(39)65-47)63(33-16-5-2-6-17-33)41-21-12-23-45-53(41)61(37)58-56(67-45)35-19-8-10-27-51(35)69-58/h1-31H. The molecule has 8 heterocycles. The van der Waals surface area contributed by atoms with Crippen molar-refractivity contribution in [2.75, 3.05) is 9.80 Å². The highest BCUT2D eigenvalue weighted by atomic mass is 32.1. The molecule has 0 radical (unpaired) electrons. The fourth-order valence-electron chi connectivity index (χ4n) is 12.3. The lowest BCUT2D eigenvalue weighted by atomic mass is 9.31. The summed E-state index contributed by atoms with van der Waals surface area (Å²) in [6, 6.07) is 67.5. The third kappa shape index (κ3) is 4.83. The number of rotatable bonds is 2. The zero-order chi connectivity index (χ0) is 44.6. The van der Waals surface area contributed by atoms with Gasteiger partial charge in [-0.1, -0.05) is 91.0 Å². The third-order valence-electron chi connectivity index (χ3n) is 15.1. The molecule has 0 amide bonds. The van der Waals surface area contributed by atoms with E-state index in [4.69, 9.17) is 18.9 Å². The third-order valence-corrected chi connectivity index (χ3v) is 17.5. The Morgan fingerprint density at radius 1 is 0.319 bits per heavy atom. The first-order valence-electron chi connectivity index (χ1n) is 23.4. The zero-order valence-electron chi connectivity index (χ0n) is 36.5. The van der Waals surface area contributed by atoms with Gasteiger partial charge < -0.3 is 28.7 Å². The van der Waals surface area contributed by atoms with Gasteiger partial charge in [0.2, 0.25) is 0 Å². The fraction of sp³-hybridized carbons (Fsp3) is 0. The lowest BCUT2D eigenvalue weighted by molar-refractivity contribution is 0.465. The second-order valence-corrected chi connectivity index (χ2v) is 20.7. The second-order valence-electron chi connectivity index (χ2n) is 18.6. The van der Waals surface area contributed by atoms with Gasteiger partial charge in [0, 0.05) is 81.4 Å². The monoisotopic (exact) mass is 916 g/mol. The maximum absolute atomic E-state index is 7.13. The summed E-state index contributed by atoms with van der Waals surface area (Å²) in [4.78, 5) is 4.80. The lowest BCUT2D eigenvalue weighted by Crippen LogP contribution is -2.64. The predicted octanol–water partition coefficient (Wildman–Crippen LogP) is 9.65. The Hall–Kier alpha value is -8.11. The maximum Gasteiger partial charge on any atom is 0.268 e. The molecule has 0 saturated carbocycles. The molecule has 11 aromatic rings. The predicted molar refractivity (Wildman–Crippen MR) is 287 cm³/mol. The smallest absolute Gasteiger partial charge is 0.268 e. The van der Waals surface area contributed by atoms with Crippen molar-refractivity contribution in [1.29, 1.82) is 0 Å². The van der Waals surface area contributed by atoms with E-state index in [2.05, 4.69) is 198 Å². The summed E-state index contributed by atoms with van der Waals surface area (Å²) in [6.45, 7) is -0.327. The van der Waals surface area contributed by atoms with Gasteiger partial charge in [0.25, 0.3) is 20.1 Å². The van der Waals surface area contributed by atoms with Crippen LogP contribution in [-0.4, -0.2) is 20.1 Å². The maximum atomic E-state index is 7.13. The Morgan fingerprint density at radius 3 is 1.22 bits per heavy atom. The molecule has 9 aromatic carbocycles. The molecule has 0 atom stereocenters. The number of thiophene rings is 2. The Kier molecular flexibility index (Phi) is 7.13. The first-order valence-corrected chi connectivity index (χ1v) is 25.0. The van der Waals surface area contributed by atoms with E-state index >= 15 is 0 Å². The highest BCUT2D eigenvalue weighted by Gasteiger charge is 2.49. The van der Waals surface area contributed by atoms with Crippen LogP contribution in [0.25, 0.3) is 20.2 Å². The van der Waals surface area contributed by atoms with Crippen LogP contribution < -0.4 is 76.5 Å². The van der Waals surface area contributed by atoms with Crippen molar-refractivity contribution in [3.05, 3.63) is 188 Å². The highest BCUT2D eigenvalue weighted by Crippen LogP contribution is 2.48. The molecule has 0 fully saturated rings. The number of para-hydroxylation sites is 2. The van der Waals surface area contributed by atoms with Crippen molar-refractivity contribution >= 4 is 145 Å². The Balaban J connectivity index is 0.940. The SMILES string of the molecule is c1ccc(N2c3cc4c(cc3B3c5sc6ccccc6c5Oc5cccc2c53)B2c3cc5c(cc3Oc3cccc(c32)O4)N(c2ccccc2)c2cccc3c2B5c2sc4ccccc4c2O3)cc1. The molecule has 0 bridgehead atoms. The molecule has 318 valence electrons. The summed E-state index contributed by atoms with van der Waals surface area (Å²) in [5.41, 5.74) is 14.7. The van der Waals surface area contributed by atoms with Gasteiger partial charge in [-0.05, 0) is 118 Å². The molecule has 0 spiro atoms. The molecule has 11 heteroatoms. The Bertz CT molecular complexity index is 3840. The molecule has 6 aliphatic heterocycles. The number of nitrogens with zero attached hydrogens (tertiary/aromatic N) is 2. The van der Waals surface area contributed by atoms with Gasteiger partial charge in [0.05, 0.1) is 0 Å². The quantitative estimate of drug-likeness (QED) is 0.161. The van der Waals surface area contributed by atoms with Crippen LogP contribution in [0.15, 0.2) is 188 Å². The average molecular weight is 916 g/mol. The Morgan fingerprint density at radius 2 is 0.739 bits per heavy atom. The molecule has 6 nitrogen and oxygen atoms in total. The zero-order valence-corrected chi connectivity index (χ0v) is 38.1. The van der Waals surface area contributed by atoms with E-state index in [0.717, 1.165) is 107 Å². The minimum absolute atomic E-state index is 0.0694. The van der Waals surface area contributed by atoms with Crippen molar-refractivity contribution in [3.63, 3.8) is 0 Å². The number of hydrogen-bond donors (Lipinski definition) is 0. The number of ether oxygens (including phenoxy) is 4. The topological polar surface area (TPSA) is 43.4 Å². The van der Waals surface area contributed by atoms with Crippen LogP contribution in [0, 0.1) is 0 Å². The molecule has 6 aliphatic rings. The van der Waals surface area contributed by atoms with Crippen LogP contribution in [0.4, 0.5) is 34.1 Å². The van der Waals surface area contributed by atoms with E-state index in [1.807, 2.05) is 22.7 Å². The van der Waals surface area contributed by atoms with Crippen molar-refractivity contribution in [1.82, 2.24) is 0 Å². The second kappa shape index (κ2) is 13.3. The van der Waals surface area contributed by atoms with E-state index in [1.165, 1.54) is 40.8 Å². The molecule has 17 rings (SSSR count). The van der Waals surface area contributed by atoms with E-state index in [9.17, 15) is 0 Å². The lowest BCUT2D eigenvalue weighted by Gasteiger charge is -2.42. The summed E-state index contributed by atoms with van der Waals surface area (Å²) in [6.07, 6.45) is 0. The van der Waals surface area contributed by atoms with Crippen molar-refractivity contribution in [2.24, 2.45) is 0 Å². The normalized spacial score (nSPS) is 14.4. The first kappa shape index (κ1) is 36.9. The van der Waals surface area contributed by atoms with Crippen molar-refractivity contribution in [2.45, 2.75) is 0 Å². The summed E-state index contributed by atoms with van der Waals surface area (Å²) in [7, 11) is 0. The highest BCUT2D eigenvalue weighted by molar-refractivity contribution is 7.34. The van der Waals surface area contributed by atoms with Crippen LogP contribution in [0.3, 0.4) is 0 Å². The summed E-state index contributed by atoms with van der Waals surface area (Å²) in [5, 5.41) is 2.29. The van der Waals surface area contributed by atoms with E-state index in [0.29, 0.717) is 0 Å². The number of fused-ring (bicyclic) bond motifs is 16. The first-order chi connectivity index (χ1) is 34.2. The summed E-state index contributed by atoms with van der Waals surface area (Å²) < 4.78 is 33.1. The van der Waals surface area contributed by atoms with Gasteiger partial charge in [-0.15, -0.1) is 22.7 Å².